The molecule has 0 aliphatic heterocycles. The van der Waals surface area contributed by atoms with Gasteiger partial charge in [-0.25, -0.2) is 4.79 Å². The van der Waals surface area contributed by atoms with Crippen LogP contribution in [0.3, 0.4) is 0 Å². The van der Waals surface area contributed by atoms with E-state index in [1.807, 2.05) is 19.1 Å². The Hall–Kier alpha value is -3.00. The Morgan fingerprint density at radius 3 is 1.60 bits per heavy atom. The summed E-state index contributed by atoms with van der Waals surface area (Å²) in [7, 11) is -0.494. The highest BCUT2D eigenvalue weighted by Crippen LogP contribution is 2.55. The van der Waals surface area contributed by atoms with Crippen molar-refractivity contribution in [2.45, 2.75) is 13.8 Å². The van der Waals surface area contributed by atoms with Crippen LogP contribution in [0.1, 0.15) is 13.8 Å². The molecular formula is C31H32BrO2P. The summed E-state index contributed by atoms with van der Waals surface area (Å²) in [6.45, 7) is 4.10. The van der Waals surface area contributed by atoms with Crippen LogP contribution in [0.25, 0.3) is 0 Å². The van der Waals surface area contributed by atoms with Crippen LogP contribution in [0, 0.1) is 0 Å². The van der Waals surface area contributed by atoms with Crippen LogP contribution < -0.4 is 32.9 Å². The quantitative estimate of drug-likeness (QED) is 0.178. The Labute approximate surface area is 220 Å². The minimum Gasteiger partial charge on any atom is -1.00 e. The van der Waals surface area contributed by atoms with Gasteiger partial charge >= 0.3 is 5.97 Å². The molecule has 0 saturated heterocycles. The third kappa shape index (κ3) is 7.75. The van der Waals surface area contributed by atoms with E-state index in [1.165, 1.54) is 34.7 Å². The number of esters is 1. The molecule has 3 aromatic rings. The van der Waals surface area contributed by atoms with Crippen molar-refractivity contribution in [1.29, 1.82) is 0 Å². The predicted octanol–water partition coefficient (Wildman–Crippen LogP) is 3.16. The Kier molecular flexibility index (Phi) is 11.6. The predicted molar refractivity (Wildman–Crippen MR) is 148 cm³/mol. The molecule has 4 heteroatoms. The average Bonchev–Trinajstić information content (AvgIpc) is 2.89. The van der Waals surface area contributed by atoms with Crippen LogP contribution in [0.2, 0.25) is 0 Å². The molecular weight excluding hydrogens is 515 g/mol. The summed E-state index contributed by atoms with van der Waals surface area (Å²) in [6, 6.07) is 32.7. The van der Waals surface area contributed by atoms with Crippen LogP contribution in [0.15, 0.2) is 139 Å². The standard InChI is InChI=1S/C31H32O2P.BrH/c1-26(22-23-31(32)33-3)14-13-15-27(2)24-25-34(28-16-7-4-8-17-28,29-18-9-5-10-19-29)30-20-11-6-12-21-30;/h4-24H,25H2,1-3H3;1H/q+1;/p-1/b15-13+,23-22+,26-14+,27-24+;. The van der Waals surface area contributed by atoms with E-state index in [0.29, 0.717) is 0 Å². The molecule has 35 heavy (non-hydrogen) atoms. The lowest BCUT2D eigenvalue weighted by atomic mass is 10.2. The number of rotatable bonds is 9. The van der Waals surface area contributed by atoms with Crippen LogP contribution >= 0.6 is 7.26 Å². The summed E-state index contributed by atoms with van der Waals surface area (Å²) < 4.78 is 4.64. The van der Waals surface area contributed by atoms with E-state index in [4.69, 9.17) is 0 Å². The van der Waals surface area contributed by atoms with Crippen molar-refractivity contribution in [1.82, 2.24) is 0 Å². The maximum atomic E-state index is 11.3. The van der Waals surface area contributed by atoms with Gasteiger partial charge in [-0.15, -0.1) is 0 Å². The zero-order valence-corrected chi connectivity index (χ0v) is 23.0. The number of allylic oxidation sites excluding steroid dienone is 7. The van der Waals surface area contributed by atoms with Gasteiger partial charge in [0.25, 0.3) is 0 Å². The Morgan fingerprint density at radius 1 is 0.714 bits per heavy atom. The fourth-order valence-corrected chi connectivity index (χ4v) is 7.97. The lowest BCUT2D eigenvalue weighted by Gasteiger charge is -2.26. The molecule has 0 atom stereocenters. The van der Waals surface area contributed by atoms with Gasteiger partial charge in [0.2, 0.25) is 0 Å². The molecule has 0 bridgehead atoms. The molecule has 0 aliphatic carbocycles. The van der Waals surface area contributed by atoms with E-state index in [-0.39, 0.29) is 23.0 Å². The molecule has 3 aromatic carbocycles. The topological polar surface area (TPSA) is 26.3 Å². The van der Waals surface area contributed by atoms with Crippen molar-refractivity contribution in [3.8, 4) is 0 Å². The first-order valence-corrected chi connectivity index (χ1v) is 13.4. The average molecular weight is 547 g/mol. The van der Waals surface area contributed by atoms with E-state index in [2.05, 4.69) is 115 Å². The van der Waals surface area contributed by atoms with Crippen molar-refractivity contribution in [3.63, 3.8) is 0 Å². The molecule has 180 valence electrons. The van der Waals surface area contributed by atoms with Gasteiger partial charge in [0, 0.05) is 6.08 Å². The Bertz CT molecular complexity index is 1080. The second-order valence-electron chi connectivity index (χ2n) is 8.07. The number of hydrogen-bond donors (Lipinski definition) is 0. The smallest absolute Gasteiger partial charge is 0.330 e. The molecule has 0 unspecified atom stereocenters. The molecule has 0 aromatic heterocycles. The SMILES string of the molecule is COC(=O)/C=C/C(C)=C/C=C/C(C)=C/C[P+](c1ccccc1)(c1ccccc1)c1ccccc1.[Br-]. The number of hydrogen-bond acceptors (Lipinski definition) is 2. The highest BCUT2D eigenvalue weighted by Gasteiger charge is 2.44. The maximum Gasteiger partial charge on any atom is 0.330 e. The Balaban J connectivity index is 0.00000432. The molecule has 2 nitrogen and oxygen atoms in total. The zero-order valence-electron chi connectivity index (χ0n) is 20.5. The minimum absolute atomic E-state index is 0. The summed E-state index contributed by atoms with van der Waals surface area (Å²) in [4.78, 5) is 11.3. The fraction of sp³-hybridized carbons (Fsp3) is 0.129. The van der Waals surface area contributed by atoms with Gasteiger partial charge in [0.1, 0.15) is 23.2 Å². The number of carbonyl (C=O) groups excluding carboxylic acids is 1. The van der Waals surface area contributed by atoms with E-state index < -0.39 is 7.26 Å². The Morgan fingerprint density at radius 2 is 1.17 bits per heavy atom. The van der Waals surface area contributed by atoms with Gasteiger partial charge < -0.3 is 21.7 Å². The number of benzene rings is 3. The summed E-state index contributed by atoms with van der Waals surface area (Å²) in [5.74, 6) is -0.351. The molecule has 0 aliphatic rings. The van der Waals surface area contributed by atoms with Crippen LogP contribution in [0.5, 0.6) is 0 Å². The maximum absolute atomic E-state index is 11.3. The molecule has 0 radical (unpaired) electrons. The second-order valence-corrected chi connectivity index (χ2v) is 11.6. The van der Waals surface area contributed by atoms with Crippen molar-refractivity contribution < 1.29 is 26.5 Å². The number of carbonyl (C=O) groups is 1. The van der Waals surface area contributed by atoms with E-state index in [0.717, 1.165) is 11.7 Å². The molecule has 0 spiro atoms. The number of methoxy groups -OCH3 is 1. The van der Waals surface area contributed by atoms with Gasteiger partial charge in [-0.1, -0.05) is 90.0 Å². The molecule has 0 fully saturated rings. The van der Waals surface area contributed by atoms with E-state index in [9.17, 15) is 4.79 Å². The van der Waals surface area contributed by atoms with Crippen molar-refractivity contribution >= 4 is 29.1 Å². The third-order valence-corrected chi connectivity index (χ3v) is 9.95. The summed E-state index contributed by atoms with van der Waals surface area (Å²) in [5.41, 5.74) is 2.18. The van der Waals surface area contributed by atoms with Gasteiger partial charge in [-0.05, 0) is 56.3 Å². The van der Waals surface area contributed by atoms with Gasteiger partial charge in [0.05, 0.1) is 13.3 Å². The number of halogens is 1. The van der Waals surface area contributed by atoms with Crippen molar-refractivity contribution in [3.05, 3.63) is 139 Å². The lowest BCUT2D eigenvalue weighted by Crippen LogP contribution is -3.00. The second kappa shape index (κ2) is 14.4. The summed E-state index contributed by atoms with van der Waals surface area (Å²) in [6.07, 6.45) is 12.6. The third-order valence-electron chi connectivity index (χ3n) is 5.68. The summed E-state index contributed by atoms with van der Waals surface area (Å²) >= 11 is 0. The monoisotopic (exact) mass is 546 g/mol. The molecule has 0 N–H and O–H groups in total. The first-order chi connectivity index (χ1) is 16.6. The normalized spacial score (nSPS) is 12.5. The van der Waals surface area contributed by atoms with E-state index in [1.54, 1.807) is 6.08 Å². The number of ether oxygens (including phenoxy) is 1. The van der Waals surface area contributed by atoms with Gasteiger partial charge in [0.15, 0.2) is 0 Å². The molecule has 0 saturated carbocycles. The van der Waals surface area contributed by atoms with Gasteiger partial charge in [-0.3, -0.25) is 0 Å². The minimum atomic E-state index is -1.87. The highest BCUT2D eigenvalue weighted by atomic mass is 79.9. The van der Waals surface area contributed by atoms with Crippen molar-refractivity contribution in [2.24, 2.45) is 0 Å². The fourth-order valence-electron chi connectivity index (χ4n) is 3.83. The van der Waals surface area contributed by atoms with Crippen molar-refractivity contribution in [2.75, 3.05) is 13.3 Å². The molecule has 0 heterocycles. The first-order valence-electron chi connectivity index (χ1n) is 11.4. The zero-order chi connectivity index (χ0) is 24.2. The summed E-state index contributed by atoms with van der Waals surface area (Å²) in [5, 5.41) is 4.14. The van der Waals surface area contributed by atoms with Crippen LogP contribution in [-0.2, 0) is 9.53 Å². The first kappa shape index (κ1) is 28.2. The van der Waals surface area contributed by atoms with Crippen LogP contribution in [0.4, 0.5) is 0 Å². The lowest BCUT2D eigenvalue weighted by molar-refractivity contribution is -0.134. The van der Waals surface area contributed by atoms with E-state index >= 15 is 0 Å². The van der Waals surface area contributed by atoms with Crippen LogP contribution in [-0.4, -0.2) is 19.2 Å². The van der Waals surface area contributed by atoms with Gasteiger partial charge in [-0.2, -0.15) is 0 Å². The largest absolute Gasteiger partial charge is 1.00 e. The highest BCUT2D eigenvalue weighted by molar-refractivity contribution is 7.95. The molecule has 3 rings (SSSR count). The molecule has 0 amide bonds.